The zero-order valence-electron chi connectivity index (χ0n) is 5.15. The number of halogens is 1. The largest absolute Gasteiger partial charge is 0.389 e. The zero-order valence-corrected chi connectivity index (χ0v) is 7.68. The molecule has 1 rings (SSSR count). The third kappa shape index (κ3) is 2.41. The van der Waals surface area contributed by atoms with Crippen molar-refractivity contribution in [2.45, 2.75) is 0 Å². The van der Waals surface area contributed by atoms with Gasteiger partial charge in [-0.15, -0.1) is 17.0 Å². The molecule has 0 bridgehead atoms. The molecule has 0 saturated carbocycles. The van der Waals surface area contributed by atoms with Crippen molar-refractivity contribution >= 4 is 34.2 Å². The van der Waals surface area contributed by atoms with Crippen molar-refractivity contribution in [2.24, 2.45) is 5.73 Å². The predicted molar refractivity (Wildman–Crippen MR) is 50.4 cm³/mol. The lowest BCUT2D eigenvalue weighted by Gasteiger charge is -1.92. The highest BCUT2D eigenvalue weighted by atomic mass is 79.9. The summed E-state index contributed by atoms with van der Waals surface area (Å²) in [5.41, 5.74) is 6.12. The van der Waals surface area contributed by atoms with E-state index in [1.54, 1.807) is 18.5 Å². The molecule has 10 heavy (non-hydrogen) atoms. The Hall–Kier alpha value is -0.480. The molecule has 0 amide bonds. The summed E-state index contributed by atoms with van der Waals surface area (Å²) in [6.45, 7) is 0. The van der Waals surface area contributed by atoms with Gasteiger partial charge >= 0.3 is 0 Å². The minimum atomic E-state index is 0. The number of nitrogens with two attached hydrogens (primary N) is 1. The second kappa shape index (κ2) is 4.35. The third-order valence-corrected chi connectivity index (χ3v) is 1.18. The predicted octanol–water partition coefficient (Wildman–Crippen LogP) is 1.29. The minimum Gasteiger partial charge on any atom is -0.389 e. The fourth-order valence-electron chi connectivity index (χ4n) is 0.509. The van der Waals surface area contributed by atoms with E-state index in [4.69, 9.17) is 18.0 Å². The molecule has 0 radical (unpaired) electrons. The van der Waals surface area contributed by atoms with Crippen molar-refractivity contribution in [3.63, 3.8) is 0 Å². The topological polar surface area (TPSA) is 38.9 Å². The van der Waals surface area contributed by atoms with Gasteiger partial charge in [-0.25, -0.2) is 0 Å². The smallest absolute Gasteiger partial charge is 0.105 e. The fourth-order valence-corrected chi connectivity index (χ4v) is 0.629. The van der Waals surface area contributed by atoms with Crippen LogP contribution in [0.4, 0.5) is 0 Å². The summed E-state index contributed by atoms with van der Waals surface area (Å²) >= 11 is 4.70. The van der Waals surface area contributed by atoms with Crippen LogP contribution in [0.25, 0.3) is 0 Å². The van der Waals surface area contributed by atoms with E-state index in [1.165, 1.54) is 0 Å². The molecular weight excluding hydrogens is 212 g/mol. The van der Waals surface area contributed by atoms with Crippen LogP contribution in [0.15, 0.2) is 24.5 Å². The molecule has 0 unspecified atom stereocenters. The molecule has 1 heterocycles. The molecule has 54 valence electrons. The summed E-state index contributed by atoms with van der Waals surface area (Å²) in [7, 11) is 0. The van der Waals surface area contributed by atoms with Gasteiger partial charge in [0.2, 0.25) is 0 Å². The van der Waals surface area contributed by atoms with Crippen LogP contribution < -0.4 is 5.73 Å². The molecule has 1 aromatic rings. The Labute approximate surface area is 75.2 Å². The summed E-state index contributed by atoms with van der Waals surface area (Å²) in [6, 6.07) is 3.63. The highest BCUT2D eigenvalue weighted by Crippen LogP contribution is 1.92. The van der Waals surface area contributed by atoms with Crippen LogP contribution in [0.1, 0.15) is 5.56 Å². The normalized spacial score (nSPS) is 8.00. The maximum atomic E-state index is 5.31. The van der Waals surface area contributed by atoms with Crippen molar-refractivity contribution < 1.29 is 0 Å². The van der Waals surface area contributed by atoms with Crippen molar-refractivity contribution in [3.05, 3.63) is 30.1 Å². The van der Waals surface area contributed by atoms with Crippen LogP contribution in [0, 0.1) is 0 Å². The Morgan fingerprint density at radius 2 is 2.30 bits per heavy atom. The number of rotatable bonds is 1. The average molecular weight is 219 g/mol. The van der Waals surface area contributed by atoms with Crippen molar-refractivity contribution in [3.8, 4) is 0 Å². The molecule has 0 aromatic carbocycles. The molecule has 0 aliphatic carbocycles. The van der Waals surface area contributed by atoms with E-state index in [0.29, 0.717) is 4.99 Å². The second-order valence-electron chi connectivity index (χ2n) is 1.61. The van der Waals surface area contributed by atoms with Gasteiger partial charge in [-0.05, 0) is 12.1 Å². The number of pyridine rings is 1. The number of hydrogen-bond donors (Lipinski definition) is 1. The van der Waals surface area contributed by atoms with E-state index in [9.17, 15) is 0 Å². The van der Waals surface area contributed by atoms with E-state index in [-0.39, 0.29) is 17.0 Å². The van der Waals surface area contributed by atoms with Crippen LogP contribution in [-0.4, -0.2) is 9.97 Å². The molecule has 2 N–H and O–H groups in total. The van der Waals surface area contributed by atoms with Gasteiger partial charge in [0.25, 0.3) is 0 Å². The second-order valence-corrected chi connectivity index (χ2v) is 2.05. The Morgan fingerprint density at radius 1 is 1.60 bits per heavy atom. The molecule has 0 aliphatic rings. The number of aromatic nitrogens is 1. The van der Waals surface area contributed by atoms with E-state index < -0.39 is 0 Å². The minimum absolute atomic E-state index is 0. The molecule has 0 spiro atoms. The lowest BCUT2D eigenvalue weighted by Crippen LogP contribution is -2.08. The van der Waals surface area contributed by atoms with Gasteiger partial charge in [-0.2, -0.15) is 0 Å². The number of thiocarbonyl (C=S) groups is 1. The first-order chi connectivity index (χ1) is 4.30. The van der Waals surface area contributed by atoms with Gasteiger partial charge in [-0.3, -0.25) is 4.98 Å². The monoisotopic (exact) mass is 218 g/mol. The van der Waals surface area contributed by atoms with Gasteiger partial charge in [-0.1, -0.05) is 12.2 Å². The summed E-state index contributed by atoms with van der Waals surface area (Å²) in [5, 5.41) is 0. The van der Waals surface area contributed by atoms with Gasteiger partial charge in [0.1, 0.15) is 4.99 Å². The van der Waals surface area contributed by atoms with Gasteiger partial charge in [0, 0.05) is 18.0 Å². The Morgan fingerprint density at radius 3 is 2.60 bits per heavy atom. The summed E-state index contributed by atoms with van der Waals surface area (Å²) in [6.07, 6.45) is 3.32. The fraction of sp³-hybridized carbons (Fsp3) is 0. The van der Waals surface area contributed by atoms with Crippen molar-refractivity contribution in [1.82, 2.24) is 4.98 Å². The first kappa shape index (κ1) is 9.52. The van der Waals surface area contributed by atoms with Crippen molar-refractivity contribution in [2.75, 3.05) is 0 Å². The van der Waals surface area contributed by atoms with E-state index in [1.807, 2.05) is 6.07 Å². The van der Waals surface area contributed by atoms with Crippen LogP contribution in [0.5, 0.6) is 0 Å². The maximum Gasteiger partial charge on any atom is 0.105 e. The number of hydrogen-bond acceptors (Lipinski definition) is 2. The highest BCUT2D eigenvalue weighted by molar-refractivity contribution is 8.93. The molecule has 0 aliphatic heterocycles. The Bertz CT molecular complexity index is 212. The molecule has 0 fully saturated rings. The van der Waals surface area contributed by atoms with Crippen LogP contribution in [-0.2, 0) is 0 Å². The summed E-state index contributed by atoms with van der Waals surface area (Å²) in [5.74, 6) is 0. The lowest BCUT2D eigenvalue weighted by molar-refractivity contribution is 1.32. The summed E-state index contributed by atoms with van der Waals surface area (Å²) < 4.78 is 0. The SMILES string of the molecule is Br.NC(=S)c1cccnc1. The first-order valence-corrected chi connectivity index (χ1v) is 2.91. The molecule has 0 saturated heterocycles. The standard InChI is InChI=1S/C6H6N2S.BrH/c7-6(9)5-2-1-3-8-4-5;/h1-4H,(H2,7,9);1H. The van der Waals surface area contributed by atoms with Crippen LogP contribution in [0.3, 0.4) is 0 Å². The quantitative estimate of drug-likeness (QED) is 0.723. The number of nitrogens with zero attached hydrogens (tertiary/aromatic N) is 1. The third-order valence-electron chi connectivity index (χ3n) is 0.946. The zero-order chi connectivity index (χ0) is 6.69. The van der Waals surface area contributed by atoms with E-state index >= 15 is 0 Å². The Balaban J connectivity index is 0.000000810. The summed E-state index contributed by atoms with van der Waals surface area (Å²) in [4.78, 5) is 4.23. The molecule has 1 aromatic heterocycles. The van der Waals surface area contributed by atoms with Gasteiger partial charge in [0.15, 0.2) is 0 Å². The molecule has 2 nitrogen and oxygen atoms in total. The lowest BCUT2D eigenvalue weighted by atomic mass is 10.3. The average Bonchev–Trinajstić information content (AvgIpc) is 1.90. The van der Waals surface area contributed by atoms with Crippen LogP contribution in [0.2, 0.25) is 0 Å². The first-order valence-electron chi connectivity index (χ1n) is 2.50. The van der Waals surface area contributed by atoms with E-state index in [0.717, 1.165) is 5.56 Å². The van der Waals surface area contributed by atoms with E-state index in [2.05, 4.69) is 4.98 Å². The molecule has 4 heteroatoms. The maximum absolute atomic E-state index is 5.31. The van der Waals surface area contributed by atoms with Crippen LogP contribution >= 0.6 is 29.2 Å². The van der Waals surface area contributed by atoms with Gasteiger partial charge in [0.05, 0.1) is 0 Å². The van der Waals surface area contributed by atoms with Crippen molar-refractivity contribution in [1.29, 1.82) is 0 Å². The highest BCUT2D eigenvalue weighted by Gasteiger charge is 1.90. The molecular formula is C6H7BrN2S. The Kier molecular flexibility index (Phi) is 4.14. The molecule has 0 atom stereocenters. The van der Waals surface area contributed by atoms with Gasteiger partial charge < -0.3 is 5.73 Å².